The number of benzene rings is 1. The molecule has 0 fully saturated rings. The average Bonchev–Trinajstić information content (AvgIpc) is 2.53. The molecular weight excluding hydrogens is 284 g/mol. The minimum Gasteiger partial charge on any atom is -0.305 e. The summed E-state index contributed by atoms with van der Waals surface area (Å²) < 4.78 is 23.2. The van der Waals surface area contributed by atoms with Crippen molar-refractivity contribution >= 4 is 9.84 Å². The van der Waals surface area contributed by atoms with Crippen LogP contribution in [-0.4, -0.2) is 31.5 Å². The first-order valence-corrected chi connectivity index (χ1v) is 8.83. The van der Waals surface area contributed by atoms with Crippen LogP contribution in [0, 0.1) is 0 Å². The summed E-state index contributed by atoms with van der Waals surface area (Å²) in [7, 11) is -2.95. The second-order valence-corrected chi connectivity index (χ2v) is 7.29. The molecule has 0 radical (unpaired) electrons. The smallest absolute Gasteiger partial charge is 0.151 e. The Hall–Kier alpha value is -1.72. The highest BCUT2D eigenvalue weighted by molar-refractivity contribution is 7.91. The molecule has 2 rings (SSSR count). The molecule has 5 heteroatoms. The molecule has 0 saturated carbocycles. The lowest BCUT2D eigenvalue weighted by molar-refractivity contribution is 0.583. The van der Waals surface area contributed by atoms with Crippen molar-refractivity contribution in [3.8, 4) is 0 Å². The molecule has 0 aliphatic rings. The van der Waals surface area contributed by atoms with Crippen LogP contribution in [0.1, 0.15) is 24.1 Å². The lowest BCUT2D eigenvalue weighted by Gasteiger charge is -2.19. The first kappa shape index (κ1) is 15.7. The minimum absolute atomic E-state index is 0.0266. The Labute approximate surface area is 126 Å². The molecule has 1 unspecified atom stereocenters. The Morgan fingerprint density at radius 3 is 2.29 bits per heavy atom. The van der Waals surface area contributed by atoms with E-state index in [1.165, 1.54) is 0 Å². The fourth-order valence-corrected chi connectivity index (χ4v) is 2.85. The molecule has 0 saturated heterocycles. The Kier molecular flexibility index (Phi) is 5.47. The van der Waals surface area contributed by atoms with Crippen LogP contribution in [0.3, 0.4) is 0 Å². The van der Waals surface area contributed by atoms with Crippen LogP contribution in [-0.2, 0) is 9.84 Å². The third-order valence-corrected chi connectivity index (χ3v) is 5.08. The second kappa shape index (κ2) is 7.33. The summed E-state index contributed by atoms with van der Waals surface area (Å²) >= 11 is 0. The summed E-state index contributed by atoms with van der Waals surface area (Å²) in [5, 5.41) is 3.34. The Bertz CT molecular complexity index is 603. The van der Waals surface area contributed by atoms with E-state index in [1.807, 2.05) is 42.5 Å². The van der Waals surface area contributed by atoms with Crippen molar-refractivity contribution < 1.29 is 8.42 Å². The number of sulfone groups is 1. The standard InChI is InChI=1S/C16H20N2O2S/c1-2-21(19,20)13-12-18-16(14-6-4-3-5-7-14)15-8-10-17-11-9-15/h3-11,16,18H,2,12-13H2,1H3. The second-order valence-electron chi connectivity index (χ2n) is 4.81. The molecule has 112 valence electrons. The van der Waals surface area contributed by atoms with Crippen molar-refractivity contribution in [3.05, 3.63) is 66.0 Å². The molecular formula is C16H20N2O2S. The monoisotopic (exact) mass is 304 g/mol. The molecule has 0 amide bonds. The molecule has 1 atom stereocenters. The normalized spacial score (nSPS) is 13.0. The largest absolute Gasteiger partial charge is 0.305 e. The highest BCUT2D eigenvalue weighted by Crippen LogP contribution is 2.20. The molecule has 0 spiro atoms. The van der Waals surface area contributed by atoms with Gasteiger partial charge in [0, 0.05) is 24.7 Å². The predicted octanol–water partition coefficient (Wildman–Crippen LogP) is 2.20. The lowest BCUT2D eigenvalue weighted by atomic mass is 10.00. The zero-order valence-electron chi connectivity index (χ0n) is 12.1. The van der Waals surface area contributed by atoms with Crippen LogP contribution in [0.25, 0.3) is 0 Å². The predicted molar refractivity (Wildman–Crippen MR) is 84.9 cm³/mol. The summed E-state index contributed by atoms with van der Waals surface area (Å²) in [6.45, 7) is 2.10. The van der Waals surface area contributed by atoms with Gasteiger partial charge in [-0.3, -0.25) is 4.98 Å². The zero-order chi connectivity index (χ0) is 15.1. The maximum atomic E-state index is 11.6. The van der Waals surface area contributed by atoms with Crippen molar-refractivity contribution in [2.24, 2.45) is 0 Å². The van der Waals surface area contributed by atoms with Gasteiger partial charge in [0.05, 0.1) is 11.8 Å². The van der Waals surface area contributed by atoms with Gasteiger partial charge in [0.25, 0.3) is 0 Å². The molecule has 4 nitrogen and oxygen atoms in total. The molecule has 0 bridgehead atoms. The van der Waals surface area contributed by atoms with E-state index in [-0.39, 0.29) is 17.5 Å². The van der Waals surface area contributed by atoms with Crippen molar-refractivity contribution in [3.63, 3.8) is 0 Å². The Balaban J connectivity index is 2.14. The van der Waals surface area contributed by atoms with Crippen LogP contribution < -0.4 is 5.32 Å². The van der Waals surface area contributed by atoms with Crippen LogP contribution >= 0.6 is 0 Å². The highest BCUT2D eigenvalue weighted by Gasteiger charge is 2.14. The van der Waals surface area contributed by atoms with Crippen LogP contribution in [0.2, 0.25) is 0 Å². The van der Waals surface area contributed by atoms with Crippen LogP contribution in [0.15, 0.2) is 54.9 Å². The van der Waals surface area contributed by atoms with Gasteiger partial charge in [-0.05, 0) is 23.3 Å². The van der Waals surface area contributed by atoms with Crippen molar-refractivity contribution in [2.75, 3.05) is 18.1 Å². The van der Waals surface area contributed by atoms with Crippen molar-refractivity contribution in [1.29, 1.82) is 0 Å². The number of hydrogen-bond donors (Lipinski definition) is 1. The fourth-order valence-electron chi connectivity index (χ4n) is 2.13. The van der Waals surface area contributed by atoms with E-state index in [2.05, 4.69) is 10.3 Å². The van der Waals surface area contributed by atoms with Gasteiger partial charge in [-0.2, -0.15) is 0 Å². The van der Waals surface area contributed by atoms with Crippen molar-refractivity contribution in [1.82, 2.24) is 10.3 Å². The molecule has 0 aliphatic heterocycles. The van der Waals surface area contributed by atoms with Gasteiger partial charge in [-0.25, -0.2) is 8.42 Å². The quantitative estimate of drug-likeness (QED) is 0.852. The third kappa shape index (κ3) is 4.65. The molecule has 21 heavy (non-hydrogen) atoms. The van der Waals surface area contributed by atoms with E-state index < -0.39 is 9.84 Å². The first-order chi connectivity index (χ1) is 10.1. The lowest BCUT2D eigenvalue weighted by Crippen LogP contribution is -2.28. The van der Waals surface area contributed by atoms with E-state index in [0.717, 1.165) is 11.1 Å². The van der Waals surface area contributed by atoms with Crippen LogP contribution in [0.5, 0.6) is 0 Å². The molecule has 1 heterocycles. The van der Waals surface area contributed by atoms with Crippen LogP contribution in [0.4, 0.5) is 0 Å². The van der Waals surface area contributed by atoms with E-state index in [9.17, 15) is 8.42 Å². The van der Waals surface area contributed by atoms with Gasteiger partial charge < -0.3 is 5.32 Å². The van der Waals surface area contributed by atoms with Gasteiger partial charge in [0.15, 0.2) is 9.84 Å². The van der Waals surface area contributed by atoms with E-state index >= 15 is 0 Å². The summed E-state index contributed by atoms with van der Waals surface area (Å²) in [4.78, 5) is 4.03. The summed E-state index contributed by atoms with van der Waals surface area (Å²) in [5.74, 6) is 0.331. The SMILES string of the molecule is CCS(=O)(=O)CCNC(c1ccccc1)c1ccncc1. The van der Waals surface area contributed by atoms with E-state index in [1.54, 1.807) is 19.3 Å². The molecule has 1 aromatic heterocycles. The third-order valence-electron chi connectivity index (χ3n) is 3.37. The zero-order valence-corrected chi connectivity index (χ0v) is 12.9. The number of hydrogen-bond acceptors (Lipinski definition) is 4. The molecule has 2 aromatic rings. The van der Waals surface area contributed by atoms with E-state index in [0.29, 0.717) is 6.54 Å². The number of rotatable bonds is 7. The average molecular weight is 304 g/mol. The number of nitrogens with one attached hydrogen (secondary N) is 1. The summed E-state index contributed by atoms with van der Waals surface area (Å²) in [5.41, 5.74) is 2.18. The number of nitrogens with zero attached hydrogens (tertiary/aromatic N) is 1. The molecule has 1 aromatic carbocycles. The summed E-state index contributed by atoms with van der Waals surface area (Å²) in [6, 6.07) is 13.9. The first-order valence-electron chi connectivity index (χ1n) is 7.01. The molecule has 1 N–H and O–H groups in total. The van der Waals surface area contributed by atoms with Gasteiger partial charge in [0.2, 0.25) is 0 Å². The molecule has 0 aliphatic carbocycles. The topological polar surface area (TPSA) is 59.1 Å². The Morgan fingerprint density at radius 2 is 1.67 bits per heavy atom. The van der Waals surface area contributed by atoms with Gasteiger partial charge >= 0.3 is 0 Å². The maximum absolute atomic E-state index is 11.6. The minimum atomic E-state index is -2.95. The maximum Gasteiger partial charge on any atom is 0.151 e. The Morgan fingerprint density at radius 1 is 1.05 bits per heavy atom. The van der Waals surface area contributed by atoms with E-state index in [4.69, 9.17) is 0 Å². The summed E-state index contributed by atoms with van der Waals surface area (Å²) in [6.07, 6.45) is 3.49. The fraction of sp³-hybridized carbons (Fsp3) is 0.312. The van der Waals surface area contributed by atoms with Gasteiger partial charge in [0.1, 0.15) is 0 Å². The number of pyridine rings is 1. The van der Waals surface area contributed by atoms with Crippen molar-refractivity contribution in [2.45, 2.75) is 13.0 Å². The highest BCUT2D eigenvalue weighted by atomic mass is 32.2. The van der Waals surface area contributed by atoms with Gasteiger partial charge in [-0.1, -0.05) is 37.3 Å². The number of aromatic nitrogens is 1. The van der Waals surface area contributed by atoms with Gasteiger partial charge in [-0.15, -0.1) is 0 Å².